The van der Waals surface area contributed by atoms with E-state index in [-0.39, 0.29) is 10.6 Å². The molecule has 7 nitrogen and oxygen atoms in total. The Labute approximate surface area is 169 Å². The van der Waals surface area contributed by atoms with Gasteiger partial charge in [-0.05, 0) is 49.7 Å². The molecule has 28 heavy (non-hydrogen) atoms. The van der Waals surface area contributed by atoms with Crippen LogP contribution in [0, 0.1) is 6.92 Å². The van der Waals surface area contributed by atoms with Gasteiger partial charge in [0.15, 0.2) is 0 Å². The van der Waals surface area contributed by atoms with Crippen LogP contribution < -0.4 is 9.62 Å². The Morgan fingerprint density at radius 1 is 1.18 bits per heavy atom. The maximum atomic E-state index is 12.7. The summed E-state index contributed by atoms with van der Waals surface area (Å²) in [5.41, 5.74) is 1.63. The molecule has 0 bridgehead atoms. The van der Waals surface area contributed by atoms with Crippen LogP contribution in [-0.2, 0) is 19.6 Å². The highest BCUT2D eigenvalue weighted by atomic mass is 35.5. The number of esters is 1. The van der Waals surface area contributed by atoms with Gasteiger partial charge in [0.25, 0.3) is 0 Å². The average molecular weight is 425 g/mol. The first-order valence-electron chi connectivity index (χ1n) is 8.29. The topological polar surface area (TPSA) is 92.8 Å². The van der Waals surface area contributed by atoms with E-state index in [2.05, 4.69) is 10.1 Å². The summed E-state index contributed by atoms with van der Waals surface area (Å²) in [6.07, 6.45) is 1.04. The molecule has 1 atom stereocenters. The normalized spacial score (nSPS) is 12.2. The van der Waals surface area contributed by atoms with E-state index in [1.54, 1.807) is 18.2 Å². The molecule has 1 N–H and O–H groups in total. The first-order chi connectivity index (χ1) is 13.0. The van der Waals surface area contributed by atoms with Crippen molar-refractivity contribution in [2.75, 3.05) is 23.0 Å². The standard InChI is InChI=1S/C19H21ClN2O5S/c1-12-6-5-7-15(10-12)22(28(4,25)26)13(2)18(23)21-14-8-9-17(20)16(11-14)19(24)27-3/h5-11,13H,1-4H3,(H,21,23). The maximum absolute atomic E-state index is 12.7. The van der Waals surface area contributed by atoms with Crippen LogP contribution in [0.3, 0.4) is 0 Å². The molecular weight excluding hydrogens is 404 g/mol. The number of sulfonamides is 1. The number of hydrogen-bond acceptors (Lipinski definition) is 5. The van der Waals surface area contributed by atoms with Crippen molar-refractivity contribution < 1.29 is 22.7 Å². The lowest BCUT2D eigenvalue weighted by atomic mass is 10.2. The monoisotopic (exact) mass is 424 g/mol. The number of aryl methyl sites for hydroxylation is 1. The predicted molar refractivity (Wildman–Crippen MR) is 109 cm³/mol. The van der Waals surface area contributed by atoms with Crippen LogP contribution in [0.25, 0.3) is 0 Å². The number of anilines is 2. The summed E-state index contributed by atoms with van der Waals surface area (Å²) >= 11 is 5.97. The minimum absolute atomic E-state index is 0.0910. The molecule has 2 aromatic rings. The minimum Gasteiger partial charge on any atom is -0.465 e. The molecule has 150 valence electrons. The Morgan fingerprint density at radius 2 is 1.86 bits per heavy atom. The number of halogens is 1. The van der Waals surface area contributed by atoms with Gasteiger partial charge < -0.3 is 10.1 Å². The van der Waals surface area contributed by atoms with Crippen LogP contribution in [0.15, 0.2) is 42.5 Å². The zero-order valence-electron chi connectivity index (χ0n) is 15.9. The van der Waals surface area contributed by atoms with Gasteiger partial charge in [-0.2, -0.15) is 0 Å². The Balaban J connectivity index is 2.33. The summed E-state index contributed by atoms with van der Waals surface area (Å²) in [6, 6.07) is 10.1. The van der Waals surface area contributed by atoms with Crippen molar-refractivity contribution >= 4 is 44.9 Å². The summed E-state index contributed by atoms with van der Waals surface area (Å²) in [5, 5.41) is 2.79. The highest BCUT2D eigenvalue weighted by Crippen LogP contribution is 2.24. The van der Waals surface area contributed by atoms with E-state index in [0.29, 0.717) is 11.4 Å². The van der Waals surface area contributed by atoms with Crippen molar-refractivity contribution in [1.29, 1.82) is 0 Å². The number of carbonyl (C=O) groups excluding carboxylic acids is 2. The lowest BCUT2D eigenvalue weighted by Gasteiger charge is -2.28. The molecule has 0 heterocycles. The number of carbonyl (C=O) groups is 2. The minimum atomic E-state index is -3.73. The maximum Gasteiger partial charge on any atom is 0.339 e. The van der Waals surface area contributed by atoms with Gasteiger partial charge in [-0.25, -0.2) is 13.2 Å². The van der Waals surface area contributed by atoms with Gasteiger partial charge in [-0.3, -0.25) is 9.10 Å². The SMILES string of the molecule is COC(=O)c1cc(NC(=O)C(C)N(c2cccc(C)c2)S(C)(=O)=O)ccc1Cl. The van der Waals surface area contributed by atoms with Gasteiger partial charge in [-0.15, -0.1) is 0 Å². The molecule has 0 fully saturated rings. The Bertz CT molecular complexity index is 1010. The second-order valence-electron chi connectivity index (χ2n) is 6.25. The van der Waals surface area contributed by atoms with Crippen molar-refractivity contribution in [3.05, 3.63) is 58.6 Å². The number of nitrogens with one attached hydrogen (secondary N) is 1. The van der Waals surface area contributed by atoms with E-state index in [9.17, 15) is 18.0 Å². The van der Waals surface area contributed by atoms with Crippen molar-refractivity contribution in [3.63, 3.8) is 0 Å². The van der Waals surface area contributed by atoms with E-state index >= 15 is 0 Å². The summed E-state index contributed by atoms with van der Waals surface area (Å²) < 4.78 is 30.4. The fourth-order valence-corrected chi connectivity index (χ4v) is 4.05. The van der Waals surface area contributed by atoms with Gasteiger partial charge >= 0.3 is 5.97 Å². The Hall–Kier alpha value is -2.58. The Morgan fingerprint density at radius 3 is 2.43 bits per heavy atom. The van der Waals surface area contributed by atoms with Crippen molar-refractivity contribution in [1.82, 2.24) is 0 Å². The zero-order chi connectivity index (χ0) is 21.1. The van der Waals surface area contributed by atoms with Crippen LogP contribution in [0.4, 0.5) is 11.4 Å². The van der Waals surface area contributed by atoms with E-state index in [4.69, 9.17) is 11.6 Å². The number of amides is 1. The molecular formula is C19H21ClN2O5S. The third-order valence-electron chi connectivity index (χ3n) is 3.98. The van der Waals surface area contributed by atoms with E-state index < -0.39 is 27.9 Å². The second kappa shape index (κ2) is 8.62. The lowest BCUT2D eigenvalue weighted by molar-refractivity contribution is -0.116. The quantitative estimate of drug-likeness (QED) is 0.718. The summed E-state index contributed by atoms with van der Waals surface area (Å²) in [6.45, 7) is 3.31. The molecule has 0 spiro atoms. The number of benzene rings is 2. The molecule has 9 heteroatoms. The summed E-state index contributed by atoms with van der Waals surface area (Å²) in [7, 11) is -2.51. The second-order valence-corrected chi connectivity index (χ2v) is 8.52. The number of nitrogens with zero attached hydrogens (tertiary/aromatic N) is 1. The number of hydrogen-bond donors (Lipinski definition) is 1. The molecule has 0 saturated carbocycles. The molecule has 0 aromatic heterocycles. The molecule has 0 aliphatic rings. The first-order valence-corrected chi connectivity index (χ1v) is 10.5. The van der Waals surface area contributed by atoms with Gasteiger partial charge in [0.1, 0.15) is 6.04 Å². The van der Waals surface area contributed by atoms with Crippen molar-refractivity contribution in [2.45, 2.75) is 19.9 Å². The number of rotatable bonds is 6. The van der Waals surface area contributed by atoms with Crippen LogP contribution in [0.1, 0.15) is 22.8 Å². The number of ether oxygens (including phenoxy) is 1. The summed E-state index contributed by atoms with van der Waals surface area (Å²) in [4.78, 5) is 24.5. The molecule has 0 aliphatic heterocycles. The average Bonchev–Trinajstić information content (AvgIpc) is 2.61. The van der Waals surface area contributed by atoms with E-state index in [0.717, 1.165) is 16.1 Å². The van der Waals surface area contributed by atoms with E-state index in [1.165, 1.54) is 32.2 Å². The largest absolute Gasteiger partial charge is 0.465 e. The van der Waals surface area contributed by atoms with Crippen molar-refractivity contribution in [2.24, 2.45) is 0 Å². The zero-order valence-corrected chi connectivity index (χ0v) is 17.5. The van der Waals surface area contributed by atoms with Gasteiger partial charge in [0.05, 0.1) is 29.6 Å². The van der Waals surface area contributed by atoms with Gasteiger partial charge in [0, 0.05) is 5.69 Å². The van der Waals surface area contributed by atoms with Gasteiger partial charge in [-0.1, -0.05) is 23.7 Å². The number of methoxy groups -OCH3 is 1. The lowest BCUT2D eigenvalue weighted by Crippen LogP contribution is -2.45. The smallest absolute Gasteiger partial charge is 0.339 e. The first kappa shape index (κ1) is 21.7. The third-order valence-corrected chi connectivity index (χ3v) is 5.56. The molecule has 2 rings (SSSR count). The molecule has 2 aromatic carbocycles. The molecule has 0 aliphatic carbocycles. The predicted octanol–water partition coefficient (Wildman–Crippen LogP) is 3.23. The van der Waals surface area contributed by atoms with Gasteiger partial charge in [0.2, 0.25) is 15.9 Å². The van der Waals surface area contributed by atoms with Crippen LogP contribution in [-0.4, -0.2) is 39.7 Å². The van der Waals surface area contributed by atoms with Crippen molar-refractivity contribution in [3.8, 4) is 0 Å². The molecule has 0 radical (unpaired) electrons. The fraction of sp³-hybridized carbons (Fsp3) is 0.263. The van der Waals surface area contributed by atoms with Crippen LogP contribution >= 0.6 is 11.6 Å². The van der Waals surface area contributed by atoms with Crippen LogP contribution in [0.5, 0.6) is 0 Å². The third kappa shape index (κ3) is 5.02. The van der Waals surface area contributed by atoms with E-state index in [1.807, 2.05) is 13.0 Å². The fourth-order valence-electron chi connectivity index (χ4n) is 2.69. The molecule has 0 saturated heterocycles. The molecule has 1 amide bonds. The van der Waals surface area contributed by atoms with Crippen LogP contribution in [0.2, 0.25) is 5.02 Å². The highest BCUT2D eigenvalue weighted by molar-refractivity contribution is 7.92. The molecule has 1 unspecified atom stereocenters. The Kier molecular flexibility index (Phi) is 6.69. The summed E-state index contributed by atoms with van der Waals surface area (Å²) in [5.74, 6) is -1.21. The highest BCUT2D eigenvalue weighted by Gasteiger charge is 2.29.